The number of ether oxygens (including phenoxy) is 2. The van der Waals surface area contributed by atoms with Crippen molar-refractivity contribution in [1.29, 1.82) is 0 Å². The van der Waals surface area contributed by atoms with Crippen molar-refractivity contribution < 1.29 is 33.4 Å². The number of nitrogens with one attached hydrogen (secondary N) is 4. The molecule has 2 aromatic carbocycles. The number of amides is 5. The van der Waals surface area contributed by atoms with E-state index in [1.165, 1.54) is 14.2 Å². The molecule has 3 aliphatic rings. The number of H-pyrrole nitrogens is 2. The molecule has 0 radical (unpaired) electrons. The molecule has 0 spiro atoms. The molecule has 0 aliphatic carbocycles. The summed E-state index contributed by atoms with van der Waals surface area (Å²) in [5, 5.41) is 5.38. The molecule has 4 unspecified atom stereocenters. The number of benzene rings is 2. The van der Waals surface area contributed by atoms with E-state index in [4.69, 9.17) is 14.5 Å². The molecule has 16 heteroatoms. The molecule has 0 saturated carbocycles. The van der Waals surface area contributed by atoms with Crippen LogP contribution in [0, 0.1) is 23.7 Å². The highest BCUT2D eigenvalue weighted by atomic mass is 16.5. The number of aromatic nitrogens is 4. The average molecular weight is 860 g/mol. The van der Waals surface area contributed by atoms with Crippen LogP contribution in [0.2, 0.25) is 0 Å². The number of hydrogen-bond donors (Lipinski definition) is 4. The smallest absolute Gasteiger partial charge is 0.407 e. The zero-order chi connectivity index (χ0) is 44.8. The molecule has 3 fully saturated rings. The maximum absolute atomic E-state index is 14.0. The maximum atomic E-state index is 14.0. The van der Waals surface area contributed by atoms with Crippen LogP contribution in [-0.2, 0) is 19.1 Å². The summed E-state index contributed by atoms with van der Waals surface area (Å²) in [5.74, 6) is 7.16. The van der Waals surface area contributed by atoms with Gasteiger partial charge in [-0.1, -0.05) is 57.7 Å². The van der Waals surface area contributed by atoms with E-state index in [1.54, 1.807) is 22.2 Å². The Kier molecular flexibility index (Phi) is 13.8. The van der Waals surface area contributed by atoms with Gasteiger partial charge in [-0.2, -0.15) is 0 Å². The Balaban J connectivity index is 1.08. The van der Waals surface area contributed by atoms with Crippen LogP contribution in [0.3, 0.4) is 0 Å². The minimum atomic E-state index is -0.737. The number of likely N-dealkylation sites (tertiary alicyclic amines) is 3. The van der Waals surface area contributed by atoms with E-state index in [0.29, 0.717) is 54.6 Å². The van der Waals surface area contributed by atoms with E-state index < -0.39 is 24.3 Å². The summed E-state index contributed by atoms with van der Waals surface area (Å²) < 4.78 is 9.54. The second-order valence-electron chi connectivity index (χ2n) is 17.0. The second-order valence-corrected chi connectivity index (χ2v) is 17.0. The van der Waals surface area contributed by atoms with Crippen molar-refractivity contribution >= 4 is 29.9 Å². The van der Waals surface area contributed by atoms with E-state index in [0.717, 1.165) is 60.9 Å². The van der Waals surface area contributed by atoms with Crippen LogP contribution in [0.5, 0.6) is 0 Å². The highest BCUT2D eigenvalue weighted by Crippen LogP contribution is 2.35. The SMILES string of the molecule is COC(=O)NC(C(=O)N1CCCC1c1ncc(-c2ccc(C#Cc3ccc(-c4cnc(C5CCCN5C(=O)C(NC(=O)OC)C(C)C)[nH]4)cc3C(=O)N3CCCC3)cc2)[nH]1)C(C)C. The van der Waals surface area contributed by atoms with Gasteiger partial charge in [-0.3, -0.25) is 14.4 Å². The fourth-order valence-corrected chi connectivity index (χ4v) is 8.65. The van der Waals surface area contributed by atoms with Gasteiger partial charge in [-0.05, 0) is 80.2 Å². The van der Waals surface area contributed by atoms with Gasteiger partial charge in [-0.15, -0.1) is 0 Å². The third-order valence-electron chi connectivity index (χ3n) is 12.2. The Morgan fingerprint density at radius 2 is 1.16 bits per heavy atom. The predicted octanol–water partition coefficient (Wildman–Crippen LogP) is 6.19. The van der Waals surface area contributed by atoms with Gasteiger partial charge in [0.2, 0.25) is 11.8 Å². The lowest BCUT2D eigenvalue weighted by molar-refractivity contribution is -0.136. The normalized spacial score (nSPS) is 18.3. The highest BCUT2D eigenvalue weighted by molar-refractivity contribution is 5.98. The van der Waals surface area contributed by atoms with Crippen molar-refractivity contribution in [3.8, 4) is 34.4 Å². The number of rotatable bonds is 11. The van der Waals surface area contributed by atoms with Crippen LogP contribution < -0.4 is 10.6 Å². The average Bonchev–Trinajstić information content (AvgIpc) is 4.15. The quantitative estimate of drug-likeness (QED) is 0.127. The van der Waals surface area contributed by atoms with Crippen LogP contribution in [0.25, 0.3) is 22.5 Å². The number of hydrogen-bond acceptors (Lipinski definition) is 9. The van der Waals surface area contributed by atoms with Crippen LogP contribution in [0.15, 0.2) is 54.9 Å². The van der Waals surface area contributed by atoms with Crippen molar-refractivity contribution in [3.05, 3.63) is 83.2 Å². The molecule has 4 aromatic rings. The number of imidazole rings is 2. The van der Waals surface area contributed by atoms with Crippen molar-refractivity contribution in [2.45, 2.75) is 90.4 Å². The Morgan fingerprint density at radius 1 is 0.667 bits per heavy atom. The number of carbonyl (C=O) groups excluding carboxylic acids is 5. The van der Waals surface area contributed by atoms with E-state index in [1.807, 2.05) is 75.1 Å². The topological polar surface area (TPSA) is 195 Å². The van der Waals surface area contributed by atoms with Crippen molar-refractivity contribution in [2.75, 3.05) is 40.4 Å². The first-order valence-electron chi connectivity index (χ1n) is 21.8. The lowest BCUT2D eigenvalue weighted by Crippen LogP contribution is -2.51. The molecule has 16 nitrogen and oxygen atoms in total. The molecule has 4 atom stereocenters. The first-order valence-corrected chi connectivity index (χ1v) is 21.8. The summed E-state index contributed by atoms with van der Waals surface area (Å²) in [6.45, 7) is 10.0. The fourth-order valence-electron chi connectivity index (χ4n) is 8.65. The number of aromatic amines is 2. The van der Waals surface area contributed by atoms with E-state index >= 15 is 0 Å². The first-order chi connectivity index (χ1) is 30.4. The summed E-state index contributed by atoms with van der Waals surface area (Å²) in [6, 6.07) is 11.4. The number of carbonyl (C=O) groups is 5. The molecule has 332 valence electrons. The number of nitrogens with zero attached hydrogens (tertiary/aromatic N) is 5. The summed E-state index contributed by atoms with van der Waals surface area (Å²) in [6.07, 6.45) is 7.20. The largest absolute Gasteiger partial charge is 0.453 e. The molecule has 3 saturated heterocycles. The molecule has 0 bridgehead atoms. The molecule has 7 rings (SSSR count). The van der Waals surface area contributed by atoms with E-state index in [9.17, 15) is 24.0 Å². The molecule has 63 heavy (non-hydrogen) atoms. The Hall–Kier alpha value is -6.63. The van der Waals surface area contributed by atoms with Gasteiger partial charge in [0, 0.05) is 42.9 Å². The number of methoxy groups -OCH3 is 2. The third kappa shape index (κ3) is 9.88. The molecule has 3 aliphatic heterocycles. The highest BCUT2D eigenvalue weighted by Gasteiger charge is 2.39. The minimum Gasteiger partial charge on any atom is -0.453 e. The maximum Gasteiger partial charge on any atom is 0.407 e. The zero-order valence-electron chi connectivity index (χ0n) is 36.8. The Morgan fingerprint density at radius 3 is 1.65 bits per heavy atom. The Bertz CT molecular complexity index is 2370. The molecule has 4 N–H and O–H groups in total. The predicted molar refractivity (Wildman–Crippen MR) is 235 cm³/mol. The zero-order valence-corrected chi connectivity index (χ0v) is 36.8. The Labute approximate surface area is 367 Å². The molecule has 2 aromatic heterocycles. The third-order valence-corrected chi connectivity index (χ3v) is 12.2. The van der Waals surface area contributed by atoms with Gasteiger partial charge >= 0.3 is 12.2 Å². The summed E-state index contributed by atoms with van der Waals surface area (Å²) in [5.41, 5.74) is 5.08. The molecular weight excluding hydrogens is 803 g/mol. The van der Waals surface area contributed by atoms with Crippen molar-refractivity contribution in [2.24, 2.45) is 11.8 Å². The summed E-state index contributed by atoms with van der Waals surface area (Å²) >= 11 is 0. The van der Waals surface area contributed by atoms with Gasteiger partial charge in [0.15, 0.2) is 0 Å². The molecule has 5 heterocycles. The van der Waals surface area contributed by atoms with E-state index in [-0.39, 0.29) is 41.6 Å². The van der Waals surface area contributed by atoms with Gasteiger partial charge in [0.25, 0.3) is 5.91 Å². The fraction of sp³-hybridized carbons (Fsp3) is 0.468. The monoisotopic (exact) mass is 859 g/mol. The first kappa shape index (κ1) is 44.4. The van der Waals surface area contributed by atoms with Crippen LogP contribution >= 0.6 is 0 Å². The standard InChI is InChI=1S/C47H57N9O7/c1-28(2)39(52-46(60)62-5)44(58)55-23-9-11-37(55)41-48-26-35(50-41)32-17-14-30(15-18-32)13-16-31-19-20-33(25-34(31)43(57)54-21-7-8-22-54)36-27-49-42(51-36)38-12-10-24-56(38)45(59)40(29(3)4)53-47(61)63-6/h14-15,17-20,25-29,37-40H,7-12,21-24H2,1-6H3,(H,48,50)(H,49,51)(H,52,60)(H,53,61). The van der Waals surface area contributed by atoms with Gasteiger partial charge < -0.3 is 44.8 Å². The van der Waals surface area contributed by atoms with Crippen LogP contribution in [0.4, 0.5) is 9.59 Å². The lowest BCUT2D eigenvalue weighted by atomic mass is 10.0. The van der Waals surface area contributed by atoms with E-state index in [2.05, 4.69) is 37.4 Å². The van der Waals surface area contributed by atoms with Crippen molar-refractivity contribution in [1.82, 2.24) is 45.3 Å². The van der Waals surface area contributed by atoms with Gasteiger partial charge in [0.1, 0.15) is 23.7 Å². The minimum absolute atomic E-state index is 0.0730. The second kappa shape index (κ2) is 19.6. The molecular formula is C47H57N9O7. The number of alkyl carbamates (subject to hydrolysis) is 2. The van der Waals surface area contributed by atoms with Crippen LogP contribution in [0.1, 0.15) is 111 Å². The summed E-state index contributed by atoms with van der Waals surface area (Å²) in [7, 11) is 2.56. The summed E-state index contributed by atoms with van der Waals surface area (Å²) in [4.78, 5) is 87.0. The van der Waals surface area contributed by atoms with Gasteiger partial charge in [-0.25, -0.2) is 19.6 Å². The molecule has 5 amide bonds. The van der Waals surface area contributed by atoms with Crippen LogP contribution in [-0.4, -0.2) is 117 Å². The van der Waals surface area contributed by atoms with Gasteiger partial charge in [0.05, 0.1) is 55.6 Å². The lowest BCUT2D eigenvalue weighted by Gasteiger charge is -2.30. The van der Waals surface area contributed by atoms with Crippen molar-refractivity contribution in [3.63, 3.8) is 0 Å².